The maximum absolute atomic E-state index is 13.1. The van der Waals surface area contributed by atoms with Gasteiger partial charge in [-0.1, -0.05) is 18.0 Å². The zero-order valence-corrected chi connectivity index (χ0v) is 18.0. The van der Waals surface area contributed by atoms with Crippen molar-refractivity contribution in [3.05, 3.63) is 49.8 Å². The van der Waals surface area contributed by atoms with Gasteiger partial charge in [0.05, 0.1) is 24.5 Å². The number of ether oxygens (including phenoxy) is 1. The van der Waals surface area contributed by atoms with Crippen LogP contribution in [0.4, 0.5) is 5.69 Å². The normalized spacial score (nSPS) is 13.8. The summed E-state index contributed by atoms with van der Waals surface area (Å²) in [4.78, 5) is 32.2. The van der Waals surface area contributed by atoms with Crippen molar-refractivity contribution in [2.75, 3.05) is 12.4 Å². The average Bonchev–Trinajstić information content (AvgIpc) is 2.89. The van der Waals surface area contributed by atoms with Crippen LogP contribution >= 0.6 is 22.9 Å². The van der Waals surface area contributed by atoms with Gasteiger partial charge in [0.25, 0.3) is 5.56 Å². The highest BCUT2D eigenvalue weighted by Crippen LogP contribution is 2.33. The van der Waals surface area contributed by atoms with Crippen LogP contribution in [0.5, 0.6) is 5.75 Å². The molecular weight excluding hydrogens is 410 g/mol. The van der Waals surface area contributed by atoms with Gasteiger partial charge in [-0.3, -0.25) is 14.2 Å². The maximum atomic E-state index is 13.1. The maximum Gasteiger partial charge on any atom is 0.262 e. The minimum atomic E-state index is -0.324. The Morgan fingerprint density at radius 3 is 2.90 bits per heavy atom. The van der Waals surface area contributed by atoms with Crippen LogP contribution in [0.25, 0.3) is 10.2 Å². The lowest BCUT2D eigenvalue weighted by Crippen LogP contribution is -2.28. The molecule has 0 fully saturated rings. The van der Waals surface area contributed by atoms with Crippen LogP contribution in [-0.4, -0.2) is 22.6 Å². The summed E-state index contributed by atoms with van der Waals surface area (Å²) >= 11 is 7.73. The number of halogens is 1. The van der Waals surface area contributed by atoms with Crippen molar-refractivity contribution >= 4 is 44.7 Å². The van der Waals surface area contributed by atoms with Crippen LogP contribution in [0.1, 0.15) is 35.3 Å². The molecule has 1 aliphatic rings. The third kappa shape index (κ3) is 3.89. The Morgan fingerprint density at radius 1 is 1.31 bits per heavy atom. The van der Waals surface area contributed by atoms with Crippen LogP contribution in [0.2, 0.25) is 5.02 Å². The SMILES string of the molecule is COc1cc(Cl)c(C)cc1NC(=O)Cn1cnc2sc3c(c2c1=O)CCCCC3. The molecule has 1 aromatic carbocycles. The number of aryl methyl sites for hydroxylation is 3. The second-order valence-corrected chi connectivity index (χ2v) is 8.76. The van der Waals surface area contributed by atoms with Crippen molar-refractivity contribution in [1.82, 2.24) is 9.55 Å². The van der Waals surface area contributed by atoms with E-state index >= 15 is 0 Å². The molecule has 8 heteroatoms. The second kappa shape index (κ2) is 8.16. The summed E-state index contributed by atoms with van der Waals surface area (Å²) in [5.74, 6) is 0.146. The largest absolute Gasteiger partial charge is 0.495 e. The van der Waals surface area contributed by atoms with E-state index in [-0.39, 0.29) is 18.0 Å². The molecule has 4 rings (SSSR count). The van der Waals surface area contributed by atoms with Gasteiger partial charge in [-0.15, -0.1) is 11.3 Å². The Hall–Kier alpha value is -2.38. The van der Waals surface area contributed by atoms with E-state index in [1.165, 1.54) is 29.3 Å². The highest BCUT2D eigenvalue weighted by molar-refractivity contribution is 7.18. The molecule has 0 unspecified atom stereocenters. The van der Waals surface area contributed by atoms with Gasteiger partial charge in [0.15, 0.2) is 0 Å². The Labute approximate surface area is 177 Å². The van der Waals surface area contributed by atoms with Gasteiger partial charge in [0.1, 0.15) is 17.1 Å². The molecule has 0 radical (unpaired) electrons. The number of carbonyl (C=O) groups excluding carboxylic acids is 1. The smallest absolute Gasteiger partial charge is 0.262 e. The Morgan fingerprint density at radius 2 is 2.10 bits per heavy atom. The molecule has 0 aliphatic heterocycles. The number of rotatable bonds is 4. The molecule has 1 aliphatic carbocycles. The predicted molar refractivity (Wildman–Crippen MR) is 117 cm³/mol. The van der Waals surface area contributed by atoms with E-state index in [2.05, 4.69) is 10.3 Å². The van der Waals surface area contributed by atoms with E-state index in [1.54, 1.807) is 23.5 Å². The number of hydrogen-bond donors (Lipinski definition) is 1. The van der Waals surface area contributed by atoms with E-state index < -0.39 is 0 Å². The van der Waals surface area contributed by atoms with E-state index in [1.807, 2.05) is 6.92 Å². The number of amides is 1. The van der Waals surface area contributed by atoms with Crippen molar-refractivity contribution in [2.24, 2.45) is 0 Å². The molecule has 0 saturated heterocycles. The molecule has 6 nitrogen and oxygen atoms in total. The molecule has 2 heterocycles. The Bertz CT molecular complexity index is 1150. The molecule has 152 valence electrons. The number of anilines is 1. The standard InChI is InChI=1S/C21H22ClN3O3S/c1-12-8-15(16(28-2)9-14(12)22)24-18(26)10-25-11-23-20-19(21(25)27)13-6-4-3-5-7-17(13)29-20/h8-9,11H,3-7,10H2,1-2H3,(H,24,26). The number of carbonyl (C=O) groups is 1. The number of nitrogens with zero attached hydrogens (tertiary/aromatic N) is 2. The van der Waals surface area contributed by atoms with Crippen molar-refractivity contribution in [2.45, 2.75) is 45.6 Å². The van der Waals surface area contributed by atoms with Gasteiger partial charge in [-0.25, -0.2) is 4.98 Å². The van der Waals surface area contributed by atoms with Crippen LogP contribution in [0.3, 0.4) is 0 Å². The van der Waals surface area contributed by atoms with Gasteiger partial charge in [0.2, 0.25) is 5.91 Å². The van der Waals surface area contributed by atoms with E-state index in [9.17, 15) is 9.59 Å². The number of aromatic nitrogens is 2. The molecule has 0 saturated carbocycles. The molecule has 0 atom stereocenters. The molecule has 3 aromatic rings. The molecule has 1 amide bonds. The Kier molecular flexibility index (Phi) is 5.61. The predicted octanol–water partition coefficient (Wildman–Crippen LogP) is 4.34. The lowest BCUT2D eigenvalue weighted by Gasteiger charge is -2.13. The summed E-state index contributed by atoms with van der Waals surface area (Å²) in [6, 6.07) is 3.41. The zero-order valence-electron chi connectivity index (χ0n) is 16.4. The van der Waals surface area contributed by atoms with Crippen LogP contribution in [0.15, 0.2) is 23.3 Å². The summed E-state index contributed by atoms with van der Waals surface area (Å²) in [7, 11) is 1.52. The van der Waals surface area contributed by atoms with Crippen molar-refractivity contribution in [1.29, 1.82) is 0 Å². The van der Waals surface area contributed by atoms with Crippen LogP contribution in [0, 0.1) is 6.92 Å². The van der Waals surface area contributed by atoms with E-state index in [4.69, 9.17) is 16.3 Å². The van der Waals surface area contributed by atoms with Crippen molar-refractivity contribution < 1.29 is 9.53 Å². The van der Waals surface area contributed by atoms with Gasteiger partial charge in [0, 0.05) is 16.0 Å². The average molecular weight is 432 g/mol. The first-order valence-corrected chi connectivity index (χ1v) is 10.8. The monoisotopic (exact) mass is 431 g/mol. The first-order chi connectivity index (χ1) is 14.0. The highest BCUT2D eigenvalue weighted by atomic mass is 35.5. The Balaban J connectivity index is 1.62. The van der Waals surface area contributed by atoms with Crippen LogP contribution in [-0.2, 0) is 24.2 Å². The molecule has 0 spiro atoms. The fourth-order valence-corrected chi connectivity index (χ4v) is 5.12. The summed E-state index contributed by atoms with van der Waals surface area (Å²) in [6.07, 6.45) is 6.80. The number of benzene rings is 1. The minimum Gasteiger partial charge on any atom is -0.495 e. The van der Waals surface area contributed by atoms with Crippen molar-refractivity contribution in [3.8, 4) is 5.75 Å². The van der Waals surface area contributed by atoms with Gasteiger partial charge >= 0.3 is 0 Å². The lowest BCUT2D eigenvalue weighted by molar-refractivity contribution is -0.116. The number of hydrogen-bond acceptors (Lipinski definition) is 5. The zero-order chi connectivity index (χ0) is 20.5. The fourth-order valence-electron chi connectivity index (χ4n) is 3.74. The highest BCUT2D eigenvalue weighted by Gasteiger charge is 2.20. The van der Waals surface area contributed by atoms with Gasteiger partial charge < -0.3 is 10.1 Å². The van der Waals surface area contributed by atoms with E-state index in [0.717, 1.165) is 41.6 Å². The minimum absolute atomic E-state index is 0.114. The molecule has 0 bridgehead atoms. The number of thiophene rings is 1. The number of methoxy groups -OCH3 is 1. The molecule has 2 aromatic heterocycles. The summed E-state index contributed by atoms with van der Waals surface area (Å²) in [6.45, 7) is 1.74. The second-order valence-electron chi connectivity index (χ2n) is 7.27. The quantitative estimate of drug-likeness (QED) is 0.624. The topological polar surface area (TPSA) is 73.2 Å². The summed E-state index contributed by atoms with van der Waals surface area (Å²) in [5.41, 5.74) is 2.32. The molecule has 1 N–H and O–H groups in total. The number of nitrogens with one attached hydrogen (secondary N) is 1. The van der Waals surface area contributed by atoms with Gasteiger partial charge in [-0.2, -0.15) is 0 Å². The fraction of sp³-hybridized carbons (Fsp3) is 0.381. The molecule has 29 heavy (non-hydrogen) atoms. The molecular formula is C21H22ClN3O3S. The lowest BCUT2D eigenvalue weighted by atomic mass is 10.1. The first kappa shape index (κ1) is 19.9. The number of fused-ring (bicyclic) bond motifs is 3. The van der Waals surface area contributed by atoms with Gasteiger partial charge in [-0.05, 0) is 49.8 Å². The third-order valence-electron chi connectivity index (χ3n) is 5.26. The van der Waals surface area contributed by atoms with Crippen molar-refractivity contribution in [3.63, 3.8) is 0 Å². The first-order valence-electron chi connectivity index (χ1n) is 9.61. The summed E-state index contributed by atoms with van der Waals surface area (Å²) < 4.78 is 6.68. The third-order valence-corrected chi connectivity index (χ3v) is 6.87. The summed E-state index contributed by atoms with van der Waals surface area (Å²) in [5, 5.41) is 4.05. The van der Waals surface area contributed by atoms with Crippen LogP contribution < -0.4 is 15.6 Å². The van der Waals surface area contributed by atoms with E-state index in [0.29, 0.717) is 21.8 Å².